The van der Waals surface area contributed by atoms with Crippen molar-refractivity contribution >= 4 is 5.97 Å². The fourth-order valence-corrected chi connectivity index (χ4v) is 1.88. The van der Waals surface area contributed by atoms with Gasteiger partial charge in [-0.2, -0.15) is 5.10 Å². The van der Waals surface area contributed by atoms with Gasteiger partial charge < -0.3 is 10.1 Å². The monoisotopic (exact) mass is 209 g/mol. The molecule has 2 rings (SSSR count). The Labute approximate surface area is 88.4 Å². The van der Waals surface area contributed by atoms with Crippen molar-refractivity contribution in [2.45, 2.75) is 25.4 Å². The third kappa shape index (κ3) is 2.18. The molecule has 1 aliphatic heterocycles. The summed E-state index contributed by atoms with van der Waals surface area (Å²) in [4.78, 5) is 11.4. The minimum Gasteiger partial charge on any atom is -0.464 e. The molecule has 1 N–H and O–H groups in total. The number of hydrogen-bond acceptors (Lipinski definition) is 4. The van der Waals surface area contributed by atoms with Crippen LogP contribution >= 0.6 is 0 Å². The number of nitrogens with one attached hydrogen (secondary N) is 1. The average molecular weight is 209 g/mol. The molecule has 15 heavy (non-hydrogen) atoms. The largest absolute Gasteiger partial charge is 0.464 e. The predicted octanol–water partition coefficient (Wildman–Crippen LogP) is 0.422. The van der Waals surface area contributed by atoms with Gasteiger partial charge in [-0.1, -0.05) is 0 Å². The molecule has 0 aliphatic carbocycles. The maximum atomic E-state index is 11.4. The summed E-state index contributed by atoms with van der Waals surface area (Å²) in [5.41, 5.74) is 0.520. The first-order chi connectivity index (χ1) is 7.31. The van der Waals surface area contributed by atoms with E-state index in [0.29, 0.717) is 11.7 Å². The van der Waals surface area contributed by atoms with Gasteiger partial charge in [0.25, 0.3) is 0 Å². The van der Waals surface area contributed by atoms with Crippen LogP contribution < -0.4 is 5.32 Å². The van der Waals surface area contributed by atoms with Gasteiger partial charge in [-0.15, -0.1) is 0 Å². The standard InChI is InChI=1S/C10H15N3O2/c1-15-10(14)9-4-6-12-13(9)7-8-3-2-5-11-8/h4,6,8,11H,2-3,5,7H2,1H3. The van der Waals surface area contributed by atoms with Crippen LogP contribution in [0.5, 0.6) is 0 Å². The van der Waals surface area contributed by atoms with E-state index in [0.717, 1.165) is 19.5 Å². The van der Waals surface area contributed by atoms with Crippen LogP contribution in [0, 0.1) is 0 Å². The highest BCUT2D eigenvalue weighted by Crippen LogP contribution is 2.09. The number of ether oxygens (including phenoxy) is 1. The number of esters is 1. The molecule has 1 unspecified atom stereocenters. The summed E-state index contributed by atoms with van der Waals surface area (Å²) in [7, 11) is 1.38. The van der Waals surface area contributed by atoms with Crippen molar-refractivity contribution < 1.29 is 9.53 Å². The van der Waals surface area contributed by atoms with E-state index in [2.05, 4.69) is 15.2 Å². The Morgan fingerprint density at radius 3 is 3.33 bits per heavy atom. The first-order valence-corrected chi connectivity index (χ1v) is 5.15. The van der Waals surface area contributed by atoms with Crippen molar-refractivity contribution in [2.75, 3.05) is 13.7 Å². The minimum absolute atomic E-state index is 0.328. The molecule has 0 saturated carbocycles. The van der Waals surface area contributed by atoms with E-state index in [1.807, 2.05) is 0 Å². The van der Waals surface area contributed by atoms with E-state index >= 15 is 0 Å². The van der Waals surface area contributed by atoms with E-state index in [9.17, 15) is 4.79 Å². The lowest BCUT2D eigenvalue weighted by Gasteiger charge is -2.11. The highest BCUT2D eigenvalue weighted by molar-refractivity contribution is 5.87. The Morgan fingerprint density at radius 1 is 1.80 bits per heavy atom. The van der Waals surface area contributed by atoms with E-state index < -0.39 is 0 Å². The quantitative estimate of drug-likeness (QED) is 0.733. The van der Waals surface area contributed by atoms with Crippen LogP contribution in [-0.4, -0.2) is 35.4 Å². The summed E-state index contributed by atoms with van der Waals surface area (Å²) in [5.74, 6) is -0.328. The number of carbonyl (C=O) groups excluding carboxylic acids is 1. The zero-order valence-corrected chi connectivity index (χ0v) is 8.77. The van der Waals surface area contributed by atoms with Crippen LogP contribution in [0.3, 0.4) is 0 Å². The molecule has 0 radical (unpaired) electrons. The van der Waals surface area contributed by atoms with Crippen molar-refractivity contribution in [2.24, 2.45) is 0 Å². The van der Waals surface area contributed by atoms with Crippen molar-refractivity contribution in [3.05, 3.63) is 18.0 Å². The third-order valence-corrected chi connectivity index (χ3v) is 2.67. The van der Waals surface area contributed by atoms with Gasteiger partial charge >= 0.3 is 5.97 Å². The molecule has 1 atom stereocenters. The molecule has 5 nitrogen and oxygen atoms in total. The maximum absolute atomic E-state index is 11.4. The number of methoxy groups -OCH3 is 1. The van der Waals surface area contributed by atoms with Gasteiger partial charge in [0.15, 0.2) is 0 Å². The molecule has 82 valence electrons. The molecule has 1 aliphatic rings. The average Bonchev–Trinajstić information content (AvgIpc) is 2.88. The van der Waals surface area contributed by atoms with Gasteiger partial charge in [0.05, 0.1) is 13.7 Å². The lowest BCUT2D eigenvalue weighted by Crippen LogP contribution is -2.28. The zero-order chi connectivity index (χ0) is 10.7. The highest BCUT2D eigenvalue weighted by Gasteiger charge is 2.18. The fourth-order valence-electron chi connectivity index (χ4n) is 1.88. The first-order valence-electron chi connectivity index (χ1n) is 5.15. The molecule has 0 spiro atoms. The Hall–Kier alpha value is -1.36. The lowest BCUT2D eigenvalue weighted by atomic mass is 10.2. The van der Waals surface area contributed by atoms with Crippen LogP contribution in [-0.2, 0) is 11.3 Å². The summed E-state index contributed by atoms with van der Waals surface area (Å²) < 4.78 is 6.38. The van der Waals surface area contributed by atoms with Crippen molar-refractivity contribution in [1.82, 2.24) is 15.1 Å². The second-order valence-corrected chi connectivity index (χ2v) is 3.68. The maximum Gasteiger partial charge on any atom is 0.356 e. The molecule has 1 aromatic rings. The van der Waals surface area contributed by atoms with Gasteiger partial charge in [0.1, 0.15) is 5.69 Å². The number of aromatic nitrogens is 2. The van der Waals surface area contributed by atoms with Gasteiger partial charge in [-0.05, 0) is 25.5 Å². The normalized spacial score (nSPS) is 20.5. The van der Waals surface area contributed by atoms with Gasteiger partial charge in [0, 0.05) is 12.2 Å². The van der Waals surface area contributed by atoms with E-state index in [4.69, 9.17) is 0 Å². The lowest BCUT2D eigenvalue weighted by molar-refractivity contribution is 0.0586. The summed E-state index contributed by atoms with van der Waals surface area (Å²) >= 11 is 0. The van der Waals surface area contributed by atoms with Crippen LogP contribution in [0.2, 0.25) is 0 Å². The third-order valence-electron chi connectivity index (χ3n) is 2.67. The van der Waals surface area contributed by atoms with Gasteiger partial charge in [0.2, 0.25) is 0 Å². The molecule has 0 aromatic carbocycles. The molecule has 0 amide bonds. The molecule has 2 heterocycles. The summed E-state index contributed by atoms with van der Waals surface area (Å²) in [6.07, 6.45) is 3.96. The number of rotatable bonds is 3. The molecule has 1 fully saturated rings. The Kier molecular flexibility index (Phi) is 3.01. The smallest absolute Gasteiger partial charge is 0.356 e. The molecule has 5 heteroatoms. The van der Waals surface area contributed by atoms with Crippen LogP contribution in [0.4, 0.5) is 0 Å². The van der Waals surface area contributed by atoms with E-state index in [1.165, 1.54) is 13.5 Å². The predicted molar refractivity (Wildman–Crippen MR) is 54.6 cm³/mol. The number of hydrogen-bond donors (Lipinski definition) is 1. The summed E-state index contributed by atoms with van der Waals surface area (Å²) in [6.45, 7) is 1.79. The van der Waals surface area contributed by atoms with E-state index in [-0.39, 0.29) is 5.97 Å². The fraction of sp³-hybridized carbons (Fsp3) is 0.600. The SMILES string of the molecule is COC(=O)c1ccnn1CC1CCCN1. The van der Waals surface area contributed by atoms with Crippen molar-refractivity contribution in [3.63, 3.8) is 0 Å². The molecular weight excluding hydrogens is 194 g/mol. The molecule has 1 aromatic heterocycles. The second-order valence-electron chi connectivity index (χ2n) is 3.68. The van der Waals surface area contributed by atoms with Crippen LogP contribution in [0.25, 0.3) is 0 Å². The Bertz CT molecular complexity index is 342. The Morgan fingerprint density at radius 2 is 2.67 bits per heavy atom. The van der Waals surface area contributed by atoms with Crippen molar-refractivity contribution in [1.29, 1.82) is 0 Å². The molecule has 0 bridgehead atoms. The summed E-state index contributed by atoms with van der Waals surface area (Å²) in [6, 6.07) is 2.11. The van der Waals surface area contributed by atoms with Crippen LogP contribution in [0.1, 0.15) is 23.3 Å². The second kappa shape index (κ2) is 4.44. The molecular formula is C10H15N3O2. The van der Waals surface area contributed by atoms with E-state index in [1.54, 1.807) is 16.9 Å². The van der Waals surface area contributed by atoms with Crippen molar-refractivity contribution in [3.8, 4) is 0 Å². The topological polar surface area (TPSA) is 56.1 Å². The van der Waals surface area contributed by atoms with Gasteiger partial charge in [-0.25, -0.2) is 4.79 Å². The Balaban J connectivity index is 2.07. The van der Waals surface area contributed by atoms with Crippen LogP contribution in [0.15, 0.2) is 12.3 Å². The molecule has 1 saturated heterocycles. The number of nitrogens with zero attached hydrogens (tertiary/aromatic N) is 2. The summed E-state index contributed by atoms with van der Waals surface area (Å²) in [5, 5.41) is 7.49. The first kappa shape index (κ1) is 10.2. The highest BCUT2D eigenvalue weighted by atomic mass is 16.5. The minimum atomic E-state index is -0.328. The number of carbonyl (C=O) groups is 1. The zero-order valence-electron chi connectivity index (χ0n) is 8.77. The van der Waals surface area contributed by atoms with Gasteiger partial charge in [-0.3, -0.25) is 4.68 Å².